The highest BCUT2D eigenvalue weighted by Crippen LogP contribution is 2.39. The molecule has 1 aliphatic heterocycles. The van der Waals surface area contributed by atoms with Crippen molar-refractivity contribution in [3.05, 3.63) is 81.6 Å². The molecule has 1 N–H and O–H groups in total. The van der Waals surface area contributed by atoms with Gasteiger partial charge in [0.25, 0.3) is 0 Å². The average molecular weight is 475 g/mol. The van der Waals surface area contributed by atoms with Crippen LogP contribution in [0.15, 0.2) is 54.2 Å². The number of halogens is 1. The molecule has 1 aromatic carbocycles. The molecule has 0 radical (unpaired) electrons. The first kappa shape index (κ1) is 20.5. The number of nitrogens with one attached hydrogen (secondary N) is 1. The molecule has 1 aliphatic carbocycles. The molecule has 0 bridgehead atoms. The van der Waals surface area contributed by atoms with Gasteiger partial charge in [-0.3, -0.25) is 4.98 Å². The number of hydrogen-bond donors (Lipinski definition) is 1. The molecule has 0 fully saturated rings. The van der Waals surface area contributed by atoms with Gasteiger partial charge >= 0.3 is 0 Å². The van der Waals surface area contributed by atoms with Crippen LogP contribution in [0.1, 0.15) is 29.3 Å². The lowest BCUT2D eigenvalue weighted by Crippen LogP contribution is -2.38. The number of nitrogens with zero attached hydrogens (tertiary/aromatic N) is 3. The highest BCUT2D eigenvalue weighted by atomic mass is 35.5. The van der Waals surface area contributed by atoms with Gasteiger partial charge in [0, 0.05) is 46.1 Å². The molecule has 2 atom stereocenters. The summed E-state index contributed by atoms with van der Waals surface area (Å²) in [4.78, 5) is 15.3. The first-order valence-electron chi connectivity index (χ1n) is 11.0. The van der Waals surface area contributed by atoms with Crippen LogP contribution in [0, 0.1) is 0 Å². The number of aromatic amines is 1. The van der Waals surface area contributed by atoms with Gasteiger partial charge in [-0.2, -0.15) is 0 Å². The second kappa shape index (κ2) is 8.36. The van der Waals surface area contributed by atoms with E-state index in [1.807, 2.05) is 36.7 Å². The van der Waals surface area contributed by atoms with Crippen molar-refractivity contribution in [2.45, 2.75) is 24.3 Å². The molecular formula is C26H23ClN4OS. The first-order chi connectivity index (χ1) is 16.2. The minimum absolute atomic E-state index is 0.0391. The van der Waals surface area contributed by atoms with E-state index in [1.165, 1.54) is 27.4 Å². The van der Waals surface area contributed by atoms with E-state index in [0.717, 1.165) is 41.5 Å². The van der Waals surface area contributed by atoms with Crippen molar-refractivity contribution in [2.24, 2.45) is 0 Å². The fourth-order valence-electron chi connectivity index (χ4n) is 4.84. The Morgan fingerprint density at radius 1 is 1.15 bits per heavy atom. The van der Waals surface area contributed by atoms with Crippen molar-refractivity contribution in [1.29, 1.82) is 0 Å². The second-order valence-corrected chi connectivity index (χ2v) is 9.73. The van der Waals surface area contributed by atoms with Crippen molar-refractivity contribution >= 4 is 40.2 Å². The van der Waals surface area contributed by atoms with E-state index >= 15 is 0 Å². The number of hydrogen-bond acceptors (Lipinski definition) is 5. The lowest BCUT2D eigenvalue weighted by molar-refractivity contribution is 0.414. The Hall–Kier alpha value is -3.09. The van der Waals surface area contributed by atoms with Crippen LogP contribution >= 0.6 is 22.9 Å². The normalized spacial score (nSPS) is 19.3. The van der Waals surface area contributed by atoms with E-state index in [0.29, 0.717) is 0 Å². The van der Waals surface area contributed by atoms with E-state index in [9.17, 15) is 0 Å². The van der Waals surface area contributed by atoms with Crippen LogP contribution in [-0.4, -0.2) is 34.0 Å². The Labute approximate surface area is 201 Å². The van der Waals surface area contributed by atoms with E-state index in [-0.39, 0.29) is 11.4 Å². The van der Waals surface area contributed by atoms with Crippen LogP contribution < -0.4 is 20.2 Å². The van der Waals surface area contributed by atoms with Crippen LogP contribution in [0.5, 0.6) is 5.75 Å². The average Bonchev–Trinajstić information content (AvgIpc) is 3.49. The summed E-state index contributed by atoms with van der Waals surface area (Å²) in [6, 6.07) is 12.4. The lowest BCUT2D eigenvalue weighted by atomic mass is 9.93. The standard InChI is InChI=1S/C26H23ClN4OS/c1-32-19-5-2-17(3-6-19)25-24-20(21-14-18(27)4-7-22(21)29-24)10-13-31(25)26-30-23(15-33-26)16-8-11-28-12-9-16/h2-3,5-9,11-12,14-15,18,25,29H,4,10,13H2,1H3. The van der Waals surface area contributed by atoms with E-state index in [4.69, 9.17) is 21.3 Å². The number of methoxy groups -OCH3 is 1. The largest absolute Gasteiger partial charge is 0.497 e. The summed E-state index contributed by atoms with van der Waals surface area (Å²) in [5, 5.41) is 5.66. The van der Waals surface area contributed by atoms with E-state index < -0.39 is 0 Å². The molecule has 166 valence electrons. The Balaban J connectivity index is 1.48. The van der Waals surface area contributed by atoms with Gasteiger partial charge in [-0.1, -0.05) is 24.3 Å². The third-order valence-corrected chi connectivity index (χ3v) is 7.62. The molecule has 0 spiro atoms. The third kappa shape index (κ3) is 3.63. The molecule has 4 heterocycles. The summed E-state index contributed by atoms with van der Waals surface area (Å²) in [5.41, 5.74) is 5.87. The molecular weight excluding hydrogens is 452 g/mol. The molecule has 2 unspecified atom stereocenters. The SMILES string of the molecule is COc1ccc(C2c3[nH]c4c(c3CCN2c2nc(-c3ccncc3)cs2)=CC(Cl)CC=4)cc1. The maximum atomic E-state index is 6.48. The number of pyridine rings is 1. The highest BCUT2D eigenvalue weighted by molar-refractivity contribution is 7.14. The van der Waals surface area contributed by atoms with Crippen molar-refractivity contribution in [1.82, 2.24) is 15.0 Å². The number of H-pyrrole nitrogens is 1. The molecule has 4 aromatic rings. The molecule has 5 nitrogen and oxygen atoms in total. The van der Waals surface area contributed by atoms with E-state index in [2.05, 4.69) is 44.5 Å². The Kier molecular flexibility index (Phi) is 5.19. The molecule has 6 rings (SSSR count). The first-order valence-corrected chi connectivity index (χ1v) is 12.4. The van der Waals surface area contributed by atoms with Gasteiger partial charge in [-0.05, 0) is 48.2 Å². The minimum Gasteiger partial charge on any atom is -0.497 e. The maximum Gasteiger partial charge on any atom is 0.186 e. The van der Waals surface area contributed by atoms with Crippen molar-refractivity contribution in [3.8, 4) is 17.0 Å². The number of rotatable bonds is 4. The van der Waals surface area contributed by atoms with Gasteiger partial charge in [-0.15, -0.1) is 22.9 Å². The molecule has 2 aliphatic rings. The molecule has 7 heteroatoms. The summed E-state index contributed by atoms with van der Waals surface area (Å²) in [5.74, 6) is 0.855. The number of anilines is 1. The zero-order chi connectivity index (χ0) is 22.4. The third-order valence-electron chi connectivity index (χ3n) is 6.44. The van der Waals surface area contributed by atoms with Gasteiger partial charge in [0.1, 0.15) is 5.75 Å². The molecule has 0 amide bonds. The maximum absolute atomic E-state index is 6.48. The van der Waals surface area contributed by atoms with E-state index in [1.54, 1.807) is 18.4 Å². The number of alkyl halides is 1. The number of benzene rings is 1. The van der Waals surface area contributed by atoms with Crippen LogP contribution in [0.4, 0.5) is 5.13 Å². The van der Waals surface area contributed by atoms with Crippen LogP contribution in [0.3, 0.4) is 0 Å². The summed E-state index contributed by atoms with van der Waals surface area (Å²) in [7, 11) is 1.70. The van der Waals surface area contributed by atoms with Crippen LogP contribution in [0.2, 0.25) is 0 Å². The molecule has 0 saturated heterocycles. The van der Waals surface area contributed by atoms with Gasteiger partial charge in [0.15, 0.2) is 5.13 Å². The van der Waals surface area contributed by atoms with Crippen LogP contribution in [0.25, 0.3) is 23.4 Å². The Bertz CT molecular complexity index is 1410. The summed E-state index contributed by atoms with van der Waals surface area (Å²) in [6.45, 7) is 0.887. The summed E-state index contributed by atoms with van der Waals surface area (Å²) in [6.07, 6.45) is 9.85. The highest BCUT2D eigenvalue weighted by Gasteiger charge is 2.33. The summed E-state index contributed by atoms with van der Waals surface area (Å²) >= 11 is 8.16. The number of thiazole rings is 1. The Morgan fingerprint density at radius 3 is 2.76 bits per heavy atom. The molecule has 0 saturated carbocycles. The molecule has 33 heavy (non-hydrogen) atoms. The number of aromatic nitrogens is 3. The summed E-state index contributed by atoms with van der Waals surface area (Å²) < 4.78 is 5.41. The topological polar surface area (TPSA) is 54.0 Å². The van der Waals surface area contributed by atoms with Gasteiger partial charge < -0.3 is 14.6 Å². The smallest absolute Gasteiger partial charge is 0.186 e. The number of ether oxygens (including phenoxy) is 1. The quantitative estimate of drug-likeness (QED) is 0.449. The van der Waals surface area contributed by atoms with Gasteiger partial charge in [0.2, 0.25) is 0 Å². The Morgan fingerprint density at radius 2 is 1.97 bits per heavy atom. The second-order valence-electron chi connectivity index (χ2n) is 8.34. The van der Waals surface area contributed by atoms with Crippen molar-refractivity contribution in [2.75, 3.05) is 18.6 Å². The predicted octanol–water partition coefficient (Wildman–Crippen LogP) is 4.27. The fourth-order valence-corrected chi connectivity index (χ4v) is 5.94. The molecule has 3 aromatic heterocycles. The van der Waals surface area contributed by atoms with Gasteiger partial charge in [0.05, 0.1) is 24.2 Å². The predicted molar refractivity (Wildman–Crippen MR) is 134 cm³/mol. The van der Waals surface area contributed by atoms with Crippen LogP contribution in [-0.2, 0) is 6.42 Å². The van der Waals surface area contributed by atoms with Gasteiger partial charge in [-0.25, -0.2) is 4.98 Å². The number of fused-ring (bicyclic) bond motifs is 3. The zero-order valence-electron chi connectivity index (χ0n) is 18.2. The fraction of sp³-hybridized carbons (Fsp3) is 0.231. The van der Waals surface area contributed by atoms with Crippen molar-refractivity contribution in [3.63, 3.8) is 0 Å². The lowest BCUT2D eigenvalue weighted by Gasteiger charge is -2.36. The van der Waals surface area contributed by atoms with Crippen molar-refractivity contribution < 1.29 is 4.74 Å². The monoisotopic (exact) mass is 474 g/mol. The zero-order valence-corrected chi connectivity index (χ0v) is 19.7. The minimum atomic E-state index is 0.0391.